The van der Waals surface area contributed by atoms with Crippen LogP contribution in [0.25, 0.3) is 0 Å². The van der Waals surface area contributed by atoms with Crippen molar-refractivity contribution in [3.63, 3.8) is 0 Å². The molecule has 0 aliphatic carbocycles. The molecule has 0 bridgehead atoms. The molecule has 0 unspecified atom stereocenters. The second kappa shape index (κ2) is 10.1. The minimum atomic E-state index is -0.999. The predicted molar refractivity (Wildman–Crippen MR) is 103 cm³/mol. The van der Waals surface area contributed by atoms with Crippen LogP contribution in [-0.2, 0) is 20.9 Å². The van der Waals surface area contributed by atoms with E-state index in [1.807, 2.05) is 13.0 Å². The number of nitrogens with one attached hydrogen (secondary N) is 1. The zero-order valence-electron chi connectivity index (χ0n) is 16.0. The molecule has 2 rings (SSSR count). The third-order valence-electron chi connectivity index (χ3n) is 3.91. The number of methoxy groups -OCH3 is 1. The van der Waals surface area contributed by atoms with Crippen LogP contribution in [0.15, 0.2) is 42.5 Å². The Hall–Kier alpha value is -3.37. The number of nitriles is 1. The standard InChI is InChI=1S/C21H22N2O5/c1-4-27-13-17-11-16(7-10-19(17)26-3)21(25)28-14(2)20(24)23-18-8-5-15(12-22)6-9-18/h5-11,14H,4,13H2,1-3H3,(H,23,24)/t14-/m1/s1. The number of carbonyl (C=O) groups excluding carboxylic acids is 2. The summed E-state index contributed by atoms with van der Waals surface area (Å²) in [4.78, 5) is 24.7. The first kappa shape index (κ1) is 20.9. The van der Waals surface area contributed by atoms with Crippen molar-refractivity contribution in [2.45, 2.75) is 26.6 Å². The molecule has 1 amide bonds. The zero-order chi connectivity index (χ0) is 20.5. The van der Waals surface area contributed by atoms with Crippen LogP contribution in [0.1, 0.15) is 35.3 Å². The topological polar surface area (TPSA) is 97.6 Å². The maximum absolute atomic E-state index is 12.4. The molecule has 1 N–H and O–H groups in total. The van der Waals surface area contributed by atoms with Gasteiger partial charge in [-0.15, -0.1) is 0 Å². The van der Waals surface area contributed by atoms with Gasteiger partial charge in [-0.2, -0.15) is 5.26 Å². The van der Waals surface area contributed by atoms with Gasteiger partial charge in [-0.25, -0.2) is 4.79 Å². The van der Waals surface area contributed by atoms with E-state index in [4.69, 9.17) is 19.5 Å². The quantitative estimate of drug-likeness (QED) is 0.704. The van der Waals surface area contributed by atoms with Crippen molar-refractivity contribution < 1.29 is 23.8 Å². The van der Waals surface area contributed by atoms with Gasteiger partial charge in [0.05, 0.1) is 30.9 Å². The number of benzene rings is 2. The van der Waals surface area contributed by atoms with Gasteiger partial charge in [-0.05, 0) is 56.3 Å². The molecule has 0 aromatic heterocycles. The summed E-state index contributed by atoms with van der Waals surface area (Å²) >= 11 is 0. The fourth-order valence-electron chi connectivity index (χ4n) is 2.38. The number of hydrogen-bond donors (Lipinski definition) is 1. The maximum atomic E-state index is 12.4. The van der Waals surface area contributed by atoms with E-state index in [1.165, 1.54) is 6.92 Å². The average molecular weight is 382 g/mol. The highest BCUT2D eigenvalue weighted by Crippen LogP contribution is 2.22. The van der Waals surface area contributed by atoms with E-state index in [0.29, 0.717) is 41.3 Å². The molecule has 0 aliphatic heterocycles. The SMILES string of the molecule is CCOCc1cc(C(=O)O[C@H](C)C(=O)Nc2ccc(C#N)cc2)ccc1OC. The van der Waals surface area contributed by atoms with E-state index < -0.39 is 18.0 Å². The van der Waals surface area contributed by atoms with E-state index in [2.05, 4.69) is 5.32 Å². The van der Waals surface area contributed by atoms with Crippen LogP contribution in [0.3, 0.4) is 0 Å². The highest BCUT2D eigenvalue weighted by atomic mass is 16.5. The fourth-order valence-corrected chi connectivity index (χ4v) is 2.38. The predicted octanol–water partition coefficient (Wildman–Crippen LogP) is 3.29. The molecule has 0 spiro atoms. The van der Waals surface area contributed by atoms with Gasteiger partial charge in [0, 0.05) is 17.9 Å². The van der Waals surface area contributed by atoms with Gasteiger partial charge in [0.1, 0.15) is 5.75 Å². The highest BCUT2D eigenvalue weighted by molar-refractivity contribution is 5.97. The highest BCUT2D eigenvalue weighted by Gasteiger charge is 2.20. The first-order valence-electron chi connectivity index (χ1n) is 8.75. The van der Waals surface area contributed by atoms with Gasteiger partial charge in [0.15, 0.2) is 6.10 Å². The van der Waals surface area contributed by atoms with Crippen LogP contribution >= 0.6 is 0 Å². The minimum absolute atomic E-state index is 0.300. The van der Waals surface area contributed by atoms with Crippen LogP contribution < -0.4 is 10.1 Å². The summed E-state index contributed by atoms with van der Waals surface area (Å²) in [6, 6.07) is 13.2. The van der Waals surface area contributed by atoms with Crippen LogP contribution in [0, 0.1) is 11.3 Å². The molecule has 28 heavy (non-hydrogen) atoms. The number of anilines is 1. The number of amides is 1. The molecule has 0 saturated carbocycles. The summed E-state index contributed by atoms with van der Waals surface area (Å²) in [6.07, 6.45) is -0.999. The van der Waals surface area contributed by atoms with Crippen molar-refractivity contribution in [2.24, 2.45) is 0 Å². The van der Waals surface area contributed by atoms with Crippen LogP contribution in [-0.4, -0.2) is 31.7 Å². The number of rotatable bonds is 8. The lowest BCUT2D eigenvalue weighted by Crippen LogP contribution is -2.30. The van der Waals surface area contributed by atoms with Crippen LogP contribution in [0.5, 0.6) is 5.75 Å². The van der Waals surface area contributed by atoms with Gasteiger partial charge >= 0.3 is 5.97 Å². The van der Waals surface area contributed by atoms with Gasteiger partial charge in [0.2, 0.25) is 0 Å². The summed E-state index contributed by atoms with van der Waals surface area (Å²) in [6.45, 7) is 4.19. The van der Waals surface area contributed by atoms with Crippen molar-refractivity contribution in [1.29, 1.82) is 5.26 Å². The second-order valence-electron chi connectivity index (χ2n) is 5.89. The van der Waals surface area contributed by atoms with Crippen molar-refractivity contribution in [2.75, 3.05) is 19.0 Å². The Bertz CT molecular complexity index is 871. The lowest BCUT2D eigenvalue weighted by molar-refractivity contribution is -0.123. The molecule has 2 aromatic carbocycles. The molecular weight excluding hydrogens is 360 g/mol. The Morgan fingerprint density at radius 2 is 1.89 bits per heavy atom. The molecule has 0 heterocycles. The maximum Gasteiger partial charge on any atom is 0.338 e. The third-order valence-corrected chi connectivity index (χ3v) is 3.91. The summed E-state index contributed by atoms with van der Waals surface area (Å²) in [5.74, 6) is -0.486. The van der Waals surface area contributed by atoms with E-state index in [-0.39, 0.29) is 0 Å². The van der Waals surface area contributed by atoms with E-state index >= 15 is 0 Å². The first-order chi connectivity index (χ1) is 13.5. The molecule has 0 radical (unpaired) electrons. The average Bonchev–Trinajstić information content (AvgIpc) is 2.72. The van der Waals surface area contributed by atoms with Gasteiger partial charge in [-0.3, -0.25) is 4.79 Å². The van der Waals surface area contributed by atoms with Gasteiger partial charge < -0.3 is 19.5 Å². The van der Waals surface area contributed by atoms with E-state index in [9.17, 15) is 9.59 Å². The number of esters is 1. The molecule has 7 nitrogen and oxygen atoms in total. The van der Waals surface area contributed by atoms with Gasteiger partial charge in [-0.1, -0.05) is 0 Å². The molecule has 1 atom stereocenters. The summed E-state index contributed by atoms with van der Waals surface area (Å²) in [5, 5.41) is 11.4. The van der Waals surface area contributed by atoms with Crippen molar-refractivity contribution in [3.05, 3.63) is 59.2 Å². The number of carbonyl (C=O) groups is 2. The summed E-state index contributed by atoms with van der Waals surface area (Å²) in [7, 11) is 1.54. The Labute approximate surface area is 163 Å². The number of nitrogens with zero attached hydrogens (tertiary/aromatic N) is 1. The molecule has 0 aliphatic rings. The van der Waals surface area contributed by atoms with Crippen molar-refractivity contribution in [1.82, 2.24) is 0 Å². The smallest absolute Gasteiger partial charge is 0.338 e. The van der Waals surface area contributed by atoms with E-state index in [0.717, 1.165) is 0 Å². The summed E-state index contributed by atoms with van der Waals surface area (Å²) in [5.41, 5.74) is 2.01. The Balaban J connectivity index is 2.02. The molecular formula is C21H22N2O5. The molecule has 0 fully saturated rings. The zero-order valence-corrected chi connectivity index (χ0v) is 16.0. The lowest BCUT2D eigenvalue weighted by atomic mass is 10.1. The molecule has 0 saturated heterocycles. The Kier molecular flexibility index (Phi) is 7.55. The summed E-state index contributed by atoms with van der Waals surface area (Å²) < 4.78 is 15.9. The normalized spacial score (nSPS) is 11.2. The van der Waals surface area contributed by atoms with Crippen LogP contribution in [0.2, 0.25) is 0 Å². The monoisotopic (exact) mass is 382 g/mol. The third kappa shape index (κ3) is 5.56. The Morgan fingerprint density at radius 3 is 2.50 bits per heavy atom. The molecule has 146 valence electrons. The van der Waals surface area contributed by atoms with E-state index in [1.54, 1.807) is 49.6 Å². The second-order valence-corrected chi connectivity index (χ2v) is 5.89. The van der Waals surface area contributed by atoms with Crippen molar-refractivity contribution >= 4 is 17.6 Å². The number of hydrogen-bond acceptors (Lipinski definition) is 6. The fraction of sp³-hybridized carbons (Fsp3) is 0.286. The largest absolute Gasteiger partial charge is 0.496 e. The van der Waals surface area contributed by atoms with Gasteiger partial charge in [0.25, 0.3) is 5.91 Å². The van der Waals surface area contributed by atoms with Crippen molar-refractivity contribution in [3.8, 4) is 11.8 Å². The molecule has 7 heteroatoms. The Morgan fingerprint density at radius 1 is 1.18 bits per heavy atom. The lowest BCUT2D eigenvalue weighted by Gasteiger charge is -2.15. The minimum Gasteiger partial charge on any atom is -0.496 e. The molecule has 2 aromatic rings. The van der Waals surface area contributed by atoms with Crippen LogP contribution in [0.4, 0.5) is 5.69 Å². The first-order valence-corrected chi connectivity index (χ1v) is 8.75. The number of ether oxygens (including phenoxy) is 3.